The van der Waals surface area contributed by atoms with Crippen LogP contribution in [0.5, 0.6) is 0 Å². The van der Waals surface area contributed by atoms with E-state index in [9.17, 15) is 0 Å². The van der Waals surface area contributed by atoms with Crippen LogP contribution >= 0.6 is 63.7 Å². The summed E-state index contributed by atoms with van der Waals surface area (Å²) in [5.41, 5.74) is 2.30. The largest absolute Gasteiger partial charge is 0.0616 e. The van der Waals surface area contributed by atoms with Crippen molar-refractivity contribution in [2.24, 2.45) is 0 Å². The Kier molecular flexibility index (Phi) is 4.27. The average molecular weight is 470 g/mol. The Labute approximate surface area is 128 Å². The Morgan fingerprint density at radius 3 is 1.94 bits per heavy atom. The first-order chi connectivity index (χ1) is 7.61. The third-order valence-corrected chi connectivity index (χ3v) is 5.56. The van der Waals surface area contributed by atoms with Crippen LogP contribution in [0.3, 0.4) is 0 Å². The van der Waals surface area contributed by atoms with Gasteiger partial charge in [-0.1, -0.05) is 50.1 Å². The van der Waals surface area contributed by atoms with Gasteiger partial charge in [0.2, 0.25) is 0 Å². The highest BCUT2D eigenvalue weighted by molar-refractivity contribution is 9.13. The fourth-order valence-corrected chi connectivity index (χ4v) is 3.62. The van der Waals surface area contributed by atoms with Crippen molar-refractivity contribution in [3.8, 4) is 11.1 Å². The molecule has 4 heteroatoms. The first-order valence-corrected chi connectivity index (χ1v) is 7.67. The fourth-order valence-electron chi connectivity index (χ4n) is 1.44. The van der Waals surface area contributed by atoms with Gasteiger partial charge in [-0.05, 0) is 55.6 Å². The molecule has 0 saturated carbocycles. The second-order valence-corrected chi connectivity index (χ2v) is 6.55. The van der Waals surface area contributed by atoms with Gasteiger partial charge in [-0.25, -0.2) is 0 Å². The van der Waals surface area contributed by atoms with Gasteiger partial charge < -0.3 is 0 Å². The van der Waals surface area contributed by atoms with Crippen molar-refractivity contribution in [1.29, 1.82) is 0 Å². The predicted octanol–water partition coefficient (Wildman–Crippen LogP) is 6.40. The first-order valence-electron chi connectivity index (χ1n) is 4.49. The summed E-state index contributed by atoms with van der Waals surface area (Å²) >= 11 is 14.3. The molecule has 2 rings (SSSR count). The molecule has 0 aliphatic rings. The lowest BCUT2D eigenvalue weighted by Gasteiger charge is -2.11. The molecule has 16 heavy (non-hydrogen) atoms. The van der Waals surface area contributed by atoms with E-state index < -0.39 is 0 Å². The minimum Gasteiger partial charge on any atom is -0.0616 e. The van der Waals surface area contributed by atoms with Gasteiger partial charge in [0.25, 0.3) is 0 Å². The Morgan fingerprint density at radius 1 is 0.625 bits per heavy atom. The van der Waals surface area contributed by atoms with Crippen molar-refractivity contribution in [3.05, 3.63) is 54.3 Å². The molecule has 0 atom stereocenters. The highest BCUT2D eigenvalue weighted by Crippen LogP contribution is 2.41. The van der Waals surface area contributed by atoms with Crippen LogP contribution in [0.25, 0.3) is 11.1 Å². The number of rotatable bonds is 1. The van der Waals surface area contributed by atoms with Crippen LogP contribution < -0.4 is 0 Å². The Morgan fingerprint density at radius 2 is 1.25 bits per heavy atom. The van der Waals surface area contributed by atoms with Crippen molar-refractivity contribution in [1.82, 2.24) is 0 Å². The molecular weight excluding hydrogens is 464 g/mol. The number of hydrogen-bond acceptors (Lipinski definition) is 0. The predicted molar refractivity (Wildman–Crippen MR) is 82.7 cm³/mol. The van der Waals surface area contributed by atoms with E-state index in [4.69, 9.17) is 0 Å². The standard InChI is InChI=1S/C12H6Br4/c13-8-4-2-1-3-7(8)11-9(14)5-6-10(15)12(11)16/h1-6H. The maximum absolute atomic E-state index is 3.60. The molecule has 0 aliphatic carbocycles. The molecule has 2 aromatic carbocycles. The molecular formula is C12H6Br4. The second-order valence-electron chi connectivity index (χ2n) is 3.20. The van der Waals surface area contributed by atoms with Crippen molar-refractivity contribution >= 4 is 63.7 Å². The van der Waals surface area contributed by atoms with Crippen LogP contribution in [-0.4, -0.2) is 0 Å². The molecule has 2 aromatic rings. The quantitative estimate of drug-likeness (QED) is 0.424. The molecule has 0 aliphatic heterocycles. The summed E-state index contributed by atoms with van der Waals surface area (Å²) in [5, 5.41) is 0. The van der Waals surface area contributed by atoms with Crippen LogP contribution in [0, 0.1) is 0 Å². The smallest absolute Gasteiger partial charge is 0.0407 e. The molecule has 0 saturated heterocycles. The van der Waals surface area contributed by atoms with E-state index in [0.717, 1.165) is 29.0 Å². The van der Waals surface area contributed by atoms with Crippen LogP contribution in [0.15, 0.2) is 54.3 Å². The molecule has 0 fully saturated rings. The van der Waals surface area contributed by atoms with Crippen LogP contribution in [0.2, 0.25) is 0 Å². The molecule has 0 amide bonds. The van der Waals surface area contributed by atoms with Crippen LogP contribution in [0.4, 0.5) is 0 Å². The van der Waals surface area contributed by atoms with E-state index in [1.54, 1.807) is 0 Å². The Bertz CT molecular complexity index is 535. The van der Waals surface area contributed by atoms with Crippen molar-refractivity contribution < 1.29 is 0 Å². The summed E-state index contributed by atoms with van der Waals surface area (Å²) in [5.74, 6) is 0. The summed E-state index contributed by atoms with van der Waals surface area (Å²) in [6.45, 7) is 0. The van der Waals surface area contributed by atoms with Gasteiger partial charge in [-0.3, -0.25) is 0 Å². The van der Waals surface area contributed by atoms with Gasteiger partial charge in [0, 0.05) is 23.5 Å². The van der Waals surface area contributed by atoms with Gasteiger partial charge >= 0.3 is 0 Å². The average Bonchev–Trinajstić information content (AvgIpc) is 2.27. The van der Waals surface area contributed by atoms with Gasteiger partial charge in [0.15, 0.2) is 0 Å². The van der Waals surface area contributed by atoms with Crippen LogP contribution in [0.1, 0.15) is 0 Å². The molecule has 0 spiro atoms. The van der Waals surface area contributed by atoms with Gasteiger partial charge in [0.05, 0.1) is 0 Å². The van der Waals surface area contributed by atoms with Crippen molar-refractivity contribution in [3.63, 3.8) is 0 Å². The van der Waals surface area contributed by atoms with E-state index in [2.05, 4.69) is 69.8 Å². The minimum atomic E-state index is 1.04. The molecule has 0 heterocycles. The summed E-state index contributed by atoms with van der Waals surface area (Å²) in [6.07, 6.45) is 0. The highest BCUT2D eigenvalue weighted by atomic mass is 79.9. The van der Waals surface area contributed by atoms with Crippen molar-refractivity contribution in [2.75, 3.05) is 0 Å². The van der Waals surface area contributed by atoms with Crippen LogP contribution in [-0.2, 0) is 0 Å². The third-order valence-electron chi connectivity index (χ3n) is 2.19. The zero-order valence-corrected chi connectivity index (χ0v) is 14.3. The Balaban J connectivity index is 2.74. The topological polar surface area (TPSA) is 0 Å². The third kappa shape index (κ3) is 2.45. The van der Waals surface area contributed by atoms with E-state index in [1.807, 2.05) is 30.3 Å². The molecule has 0 N–H and O–H groups in total. The molecule has 0 bridgehead atoms. The monoisotopic (exact) mass is 466 g/mol. The summed E-state index contributed by atoms with van der Waals surface area (Å²) in [4.78, 5) is 0. The molecule has 0 radical (unpaired) electrons. The van der Waals surface area contributed by atoms with E-state index in [1.165, 1.54) is 0 Å². The lowest BCUT2D eigenvalue weighted by atomic mass is 10.1. The maximum atomic E-state index is 3.60. The van der Waals surface area contributed by atoms with E-state index in [0.29, 0.717) is 0 Å². The van der Waals surface area contributed by atoms with E-state index in [-0.39, 0.29) is 0 Å². The minimum absolute atomic E-state index is 1.04. The van der Waals surface area contributed by atoms with E-state index >= 15 is 0 Å². The molecule has 0 unspecified atom stereocenters. The zero-order chi connectivity index (χ0) is 11.7. The summed E-state index contributed by atoms with van der Waals surface area (Å²) in [6, 6.07) is 12.2. The zero-order valence-electron chi connectivity index (χ0n) is 7.98. The van der Waals surface area contributed by atoms with Gasteiger partial charge in [-0.15, -0.1) is 0 Å². The van der Waals surface area contributed by atoms with Gasteiger partial charge in [-0.2, -0.15) is 0 Å². The van der Waals surface area contributed by atoms with Crippen molar-refractivity contribution in [2.45, 2.75) is 0 Å². The second kappa shape index (κ2) is 5.34. The number of hydrogen-bond donors (Lipinski definition) is 0. The summed E-state index contributed by atoms with van der Waals surface area (Å²) < 4.78 is 4.24. The Hall–Kier alpha value is 0.360. The molecule has 82 valence electrons. The van der Waals surface area contributed by atoms with Gasteiger partial charge in [0.1, 0.15) is 0 Å². The lowest BCUT2D eigenvalue weighted by molar-refractivity contribution is 1.50. The highest BCUT2D eigenvalue weighted by Gasteiger charge is 2.12. The number of benzene rings is 2. The first kappa shape index (κ1) is 12.8. The molecule has 0 nitrogen and oxygen atoms in total. The maximum Gasteiger partial charge on any atom is 0.0407 e. The number of halogens is 4. The normalized spacial score (nSPS) is 10.5. The summed E-state index contributed by atoms with van der Waals surface area (Å²) in [7, 11) is 0. The lowest BCUT2D eigenvalue weighted by Crippen LogP contribution is -1.85. The fraction of sp³-hybridized carbons (Fsp3) is 0. The SMILES string of the molecule is Brc1ccccc1-c1c(Br)ccc(Br)c1Br. The molecule has 0 aromatic heterocycles.